The molecule has 2 aromatic carbocycles. The lowest BCUT2D eigenvalue weighted by Gasteiger charge is -2.12. The summed E-state index contributed by atoms with van der Waals surface area (Å²) >= 11 is 0. The number of para-hydroxylation sites is 1. The highest BCUT2D eigenvalue weighted by Gasteiger charge is 2.18. The van der Waals surface area contributed by atoms with Gasteiger partial charge in [0.05, 0.1) is 30.5 Å². The first kappa shape index (κ1) is 23.1. The first-order chi connectivity index (χ1) is 15.3. The third kappa shape index (κ3) is 5.55. The molecule has 0 aliphatic carbocycles. The number of anilines is 2. The van der Waals surface area contributed by atoms with E-state index in [4.69, 9.17) is 4.74 Å². The number of aromatic nitrogens is 2. The van der Waals surface area contributed by atoms with Gasteiger partial charge in [-0.2, -0.15) is 5.10 Å². The molecule has 7 nitrogen and oxygen atoms in total. The summed E-state index contributed by atoms with van der Waals surface area (Å²) in [6.07, 6.45) is 0.196. The highest BCUT2D eigenvalue weighted by Crippen LogP contribution is 2.21. The molecule has 0 spiro atoms. The number of nitrogens with one attached hydrogen (secondary N) is 2. The fourth-order valence-corrected chi connectivity index (χ4v) is 3.56. The lowest BCUT2D eigenvalue weighted by atomic mass is 10.1. The van der Waals surface area contributed by atoms with Crippen LogP contribution < -0.4 is 15.4 Å². The van der Waals surface area contributed by atoms with Crippen molar-refractivity contribution in [2.75, 3.05) is 17.7 Å². The largest absolute Gasteiger partial charge is 0.497 e. The van der Waals surface area contributed by atoms with Gasteiger partial charge in [0.25, 0.3) is 5.91 Å². The Balaban J connectivity index is 1.74. The molecule has 0 saturated carbocycles. The molecular weight excluding hydrogens is 404 g/mol. The van der Waals surface area contributed by atoms with Gasteiger partial charge in [-0.1, -0.05) is 32.0 Å². The number of nitrogens with zero attached hydrogens (tertiary/aromatic N) is 2. The number of rotatable bonds is 8. The Hall–Kier alpha value is -3.61. The van der Waals surface area contributed by atoms with Crippen molar-refractivity contribution in [2.45, 2.75) is 40.7 Å². The van der Waals surface area contributed by atoms with Gasteiger partial charge in [0, 0.05) is 29.6 Å². The zero-order valence-electron chi connectivity index (χ0n) is 19.2. The lowest BCUT2D eigenvalue weighted by Crippen LogP contribution is -2.20. The summed E-state index contributed by atoms with van der Waals surface area (Å²) in [7, 11) is 1.57. The molecule has 1 aromatic heterocycles. The smallest absolute Gasteiger partial charge is 0.257 e. The number of aryl methyl sites for hydroxylation is 1. The molecule has 0 bridgehead atoms. The minimum absolute atomic E-state index is 0.193. The molecule has 32 heavy (non-hydrogen) atoms. The van der Waals surface area contributed by atoms with Gasteiger partial charge in [0.15, 0.2) is 0 Å². The summed E-state index contributed by atoms with van der Waals surface area (Å²) < 4.78 is 7.16. The Morgan fingerprint density at radius 3 is 2.53 bits per heavy atom. The molecule has 0 fully saturated rings. The van der Waals surface area contributed by atoms with Gasteiger partial charge in [-0.15, -0.1) is 0 Å². The van der Waals surface area contributed by atoms with Crippen molar-refractivity contribution >= 4 is 23.2 Å². The normalized spacial score (nSPS) is 10.8. The van der Waals surface area contributed by atoms with Crippen LogP contribution in [0.25, 0.3) is 0 Å². The fourth-order valence-electron chi connectivity index (χ4n) is 3.56. The van der Waals surface area contributed by atoms with E-state index in [2.05, 4.69) is 29.6 Å². The summed E-state index contributed by atoms with van der Waals surface area (Å²) in [5.41, 5.74) is 4.22. The quantitative estimate of drug-likeness (QED) is 0.543. The van der Waals surface area contributed by atoms with Crippen molar-refractivity contribution in [1.82, 2.24) is 9.78 Å². The monoisotopic (exact) mass is 434 g/mol. The third-order valence-corrected chi connectivity index (χ3v) is 5.18. The Morgan fingerprint density at radius 1 is 1.06 bits per heavy atom. The number of ether oxygens (including phenoxy) is 1. The van der Waals surface area contributed by atoms with Crippen molar-refractivity contribution in [1.29, 1.82) is 0 Å². The molecule has 0 unspecified atom stereocenters. The molecule has 2 N–H and O–H groups in total. The van der Waals surface area contributed by atoms with Crippen molar-refractivity contribution in [3.8, 4) is 5.75 Å². The maximum Gasteiger partial charge on any atom is 0.257 e. The van der Waals surface area contributed by atoms with Gasteiger partial charge < -0.3 is 15.4 Å². The lowest BCUT2D eigenvalue weighted by molar-refractivity contribution is -0.115. The minimum Gasteiger partial charge on any atom is -0.497 e. The zero-order valence-corrected chi connectivity index (χ0v) is 19.2. The average Bonchev–Trinajstić information content (AvgIpc) is 3.01. The topological polar surface area (TPSA) is 85.2 Å². The maximum absolute atomic E-state index is 12.9. The molecule has 7 heteroatoms. The van der Waals surface area contributed by atoms with Crippen LogP contribution in [-0.2, 0) is 17.8 Å². The fraction of sp³-hybridized carbons (Fsp3) is 0.320. The van der Waals surface area contributed by atoms with Crippen molar-refractivity contribution in [3.63, 3.8) is 0 Å². The number of methoxy groups -OCH3 is 1. The van der Waals surface area contributed by atoms with E-state index in [1.807, 2.05) is 18.5 Å². The van der Waals surface area contributed by atoms with Gasteiger partial charge in [-0.05, 0) is 44.0 Å². The molecule has 0 aliphatic rings. The van der Waals surface area contributed by atoms with E-state index >= 15 is 0 Å². The summed E-state index contributed by atoms with van der Waals surface area (Å²) in [4.78, 5) is 25.7. The van der Waals surface area contributed by atoms with E-state index in [0.29, 0.717) is 28.6 Å². The Morgan fingerprint density at radius 2 is 1.81 bits per heavy atom. The Kier molecular flexibility index (Phi) is 7.30. The molecule has 0 atom stereocenters. The van der Waals surface area contributed by atoms with Crippen LogP contribution in [0.4, 0.5) is 11.4 Å². The number of benzene rings is 2. The number of amides is 2. The maximum atomic E-state index is 12.9. The molecular formula is C25H30N4O3. The van der Waals surface area contributed by atoms with Gasteiger partial charge in [-0.3, -0.25) is 14.3 Å². The van der Waals surface area contributed by atoms with Gasteiger partial charge in [0.2, 0.25) is 5.91 Å². The second-order valence-electron chi connectivity index (χ2n) is 8.18. The van der Waals surface area contributed by atoms with Crippen molar-refractivity contribution in [3.05, 3.63) is 71.0 Å². The number of hydrogen-bond donors (Lipinski definition) is 2. The van der Waals surface area contributed by atoms with Crippen LogP contribution in [0.2, 0.25) is 0 Å². The molecule has 1 heterocycles. The van der Waals surface area contributed by atoms with Crippen LogP contribution in [-0.4, -0.2) is 28.7 Å². The van der Waals surface area contributed by atoms with Crippen LogP contribution in [0.15, 0.2) is 48.5 Å². The van der Waals surface area contributed by atoms with Gasteiger partial charge in [0.1, 0.15) is 5.75 Å². The average molecular weight is 435 g/mol. The van der Waals surface area contributed by atoms with E-state index < -0.39 is 0 Å². The van der Waals surface area contributed by atoms with Crippen LogP contribution >= 0.6 is 0 Å². The molecule has 168 valence electrons. The number of carbonyl (C=O) groups is 2. The standard InChI is InChI=1S/C25H30N4O3/c1-16(2)15-29-18(4)22(17(3)28-29)14-24(30)27-23-12-7-6-11-21(23)25(31)26-19-9-8-10-20(13-19)32-5/h6-13,16H,14-15H2,1-5H3,(H,26,31)(H,27,30). The van der Waals surface area contributed by atoms with Crippen molar-refractivity contribution < 1.29 is 14.3 Å². The number of hydrogen-bond acceptors (Lipinski definition) is 4. The van der Waals surface area contributed by atoms with E-state index in [9.17, 15) is 9.59 Å². The summed E-state index contributed by atoms with van der Waals surface area (Å²) in [6.45, 7) is 8.98. The number of carbonyl (C=O) groups excluding carboxylic acids is 2. The SMILES string of the molecule is COc1cccc(NC(=O)c2ccccc2NC(=O)Cc2c(C)nn(CC(C)C)c2C)c1. The zero-order chi connectivity index (χ0) is 23.3. The first-order valence-electron chi connectivity index (χ1n) is 10.7. The van der Waals surface area contributed by atoms with Crippen LogP contribution in [0.1, 0.15) is 41.2 Å². The highest BCUT2D eigenvalue weighted by molar-refractivity contribution is 6.10. The molecule has 3 rings (SSSR count). The van der Waals surface area contributed by atoms with E-state index in [0.717, 1.165) is 23.5 Å². The minimum atomic E-state index is -0.314. The van der Waals surface area contributed by atoms with Crippen LogP contribution in [0.3, 0.4) is 0 Å². The second kappa shape index (κ2) is 10.1. The molecule has 3 aromatic rings. The van der Waals surface area contributed by atoms with E-state index in [-0.39, 0.29) is 18.2 Å². The summed E-state index contributed by atoms with van der Waals surface area (Å²) in [5.74, 6) is 0.603. The van der Waals surface area contributed by atoms with E-state index in [1.165, 1.54) is 0 Å². The predicted octanol–water partition coefficient (Wildman–Crippen LogP) is 4.60. The third-order valence-electron chi connectivity index (χ3n) is 5.18. The second-order valence-corrected chi connectivity index (χ2v) is 8.18. The first-order valence-corrected chi connectivity index (χ1v) is 10.7. The van der Waals surface area contributed by atoms with E-state index in [1.54, 1.807) is 55.6 Å². The Bertz CT molecular complexity index is 1120. The predicted molar refractivity (Wildman–Crippen MR) is 126 cm³/mol. The molecule has 0 radical (unpaired) electrons. The summed E-state index contributed by atoms with van der Waals surface area (Å²) in [5, 5.41) is 10.3. The van der Waals surface area contributed by atoms with Crippen LogP contribution in [0.5, 0.6) is 5.75 Å². The van der Waals surface area contributed by atoms with Crippen molar-refractivity contribution in [2.24, 2.45) is 5.92 Å². The van der Waals surface area contributed by atoms with Gasteiger partial charge in [-0.25, -0.2) is 0 Å². The molecule has 0 aliphatic heterocycles. The Labute approximate surface area is 188 Å². The highest BCUT2D eigenvalue weighted by atomic mass is 16.5. The van der Waals surface area contributed by atoms with Crippen LogP contribution in [0, 0.1) is 19.8 Å². The molecule has 0 saturated heterocycles. The summed E-state index contributed by atoms with van der Waals surface area (Å²) in [6, 6.07) is 14.1. The van der Waals surface area contributed by atoms with Gasteiger partial charge >= 0.3 is 0 Å². The molecule has 2 amide bonds.